The van der Waals surface area contributed by atoms with Gasteiger partial charge in [0.2, 0.25) is 15.9 Å². The molecule has 2 saturated heterocycles. The minimum Gasteiger partial charge on any atom is -0.496 e. The summed E-state index contributed by atoms with van der Waals surface area (Å²) in [6.45, 7) is 3.91. The molecule has 196 valence electrons. The van der Waals surface area contributed by atoms with E-state index in [0.717, 1.165) is 45.4 Å². The van der Waals surface area contributed by atoms with Gasteiger partial charge in [-0.3, -0.25) is 9.59 Å². The summed E-state index contributed by atoms with van der Waals surface area (Å²) < 4.78 is 37.8. The van der Waals surface area contributed by atoms with E-state index in [0.29, 0.717) is 19.4 Å². The van der Waals surface area contributed by atoms with Gasteiger partial charge in [-0.25, -0.2) is 13.1 Å². The summed E-state index contributed by atoms with van der Waals surface area (Å²) in [5.41, 5.74) is 5.95. The Labute approximate surface area is 207 Å². The molecule has 2 heterocycles. The van der Waals surface area contributed by atoms with Crippen LogP contribution in [0, 0.1) is 0 Å². The third-order valence-electron chi connectivity index (χ3n) is 6.72. The first-order valence-electron chi connectivity index (χ1n) is 11.9. The van der Waals surface area contributed by atoms with Gasteiger partial charge in [-0.15, -0.1) is 0 Å². The smallest absolute Gasteiger partial charge is 0.255 e. The lowest BCUT2D eigenvalue weighted by molar-refractivity contribution is -0.130. The Morgan fingerprint density at radius 3 is 2.51 bits per heavy atom. The molecule has 3 rings (SSSR count). The van der Waals surface area contributed by atoms with E-state index in [2.05, 4.69) is 14.9 Å². The topological polar surface area (TPSA) is 143 Å². The van der Waals surface area contributed by atoms with Gasteiger partial charge in [-0.2, -0.15) is 0 Å². The molecule has 0 bridgehead atoms. The lowest BCUT2D eigenvalue weighted by atomic mass is 10.0. The molecule has 2 aliphatic rings. The number of carbonyl (C=O) groups is 2. The van der Waals surface area contributed by atoms with E-state index < -0.39 is 15.9 Å². The number of ether oxygens (including phenoxy) is 2. The molecule has 0 aliphatic carbocycles. The number of nitrogen functional groups attached to an aromatic ring is 1. The average molecular weight is 512 g/mol. The molecule has 4 N–H and O–H groups in total. The molecule has 0 unspecified atom stereocenters. The first-order chi connectivity index (χ1) is 16.7. The standard InChI is InChI=1S/C23H37N5O6S/c1-25-35(31,32)21-13-16(19(33-2)14-17(21)24)23(30)26-18-8-12-27(15-20(18)34-3)9-6-7-22(29)28-10-4-5-11-28/h13-14,18,20,25H,4-12,15,24H2,1-3H3,(H,26,30)/t18-,20+/m1/s1. The van der Waals surface area contributed by atoms with Crippen molar-refractivity contribution in [3.05, 3.63) is 17.7 Å². The van der Waals surface area contributed by atoms with Crippen molar-refractivity contribution >= 4 is 27.5 Å². The van der Waals surface area contributed by atoms with E-state index in [1.807, 2.05) is 4.90 Å². The second-order valence-electron chi connectivity index (χ2n) is 8.93. The molecule has 2 aliphatic heterocycles. The number of hydrogen-bond acceptors (Lipinski definition) is 8. The fourth-order valence-corrected chi connectivity index (χ4v) is 5.54. The van der Waals surface area contributed by atoms with E-state index >= 15 is 0 Å². The number of hydrogen-bond donors (Lipinski definition) is 3. The number of nitrogens with zero attached hydrogens (tertiary/aromatic N) is 2. The van der Waals surface area contributed by atoms with Crippen LogP contribution >= 0.6 is 0 Å². The van der Waals surface area contributed by atoms with Crippen LogP contribution in [-0.4, -0.2) is 96.2 Å². The maximum atomic E-state index is 13.1. The van der Waals surface area contributed by atoms with E-state index in [1.54, 1.807) is 7.11 Å². The number of anilines is 1. The third kappa shape index (κ3) is 6.63. The Morgan fingerprint density at radius 1 is 1.17 bits per heavy atom. The highest BCUT2D eigenvalue weighted by atomic mass is 32.2. The minimum absolute atomic E-state index is 0.0148. The first-order valence-corrected chi connectivity index (χ1v) is 13.4. The van der Waals surface area contributed by atoms with Gasteiger partial charge in [0.25, 0.3) is 5.91 Å². The number of sulfonamides is 1. The van der Waals surface area contributed by atoms with Crippen LogP contribution < -0.4 is 20.5 Å². The van der Waals surface area contributed by atoms with Crippen LogP contribution in [0.3, 0.4) is 0 Å². The monoisotopic (exact) mass is 511 g/mol. The summed E-state index contributed by atoms with van der Waals surface area (Å²) in [5, 5.41) is 2.97. The van der Waals surface area contributed by atoms with E-state index in [4.69, 9.17) is 15.2 Å². The lowest BCUT2D eigenvalue weighted by Crippen LogP contribution is -2.55. The van der Waals surface area contributed by atoms with Crippen molar-refractivity contribution in [3.63, 3.8) is 0 Å². The predicted molar refractivity (Wildman–Crippen MR) is 132 cm³/mol. The molecular formula is C23H37N5O6S. The van der Waals surface area contributed by atoms with Crippen molar-refractivity contribution in [2.24, 2.45) is 0 Å². The third-order valence-corrected chi connectivity index (χ3v) is 8.19. The number of nitrogens with one attached hydrogen (secondary N) is 2. The molecule has 12 heteroatoms. The van der Waals surface area contributed by atoms with Gasteiger partial charge in [0.1, 0.15) is 10.6 Å². The summed E-state index contributed by atoms with van der Waals surface area (Å²) in [7, 11) is 0.415. The maximum absolute atomic E-state index is 13.1. The summed E-state index contributed by atoms with van der Waals surface area (Å²) in [5.74, 6) is -0.0553. The lowest BCUT2D eigenvalue weighted by Gasteiger charge is -2.38. The largest absolute Gasteiger partial charge is 0.496 e. The molecule has 0 spiro atoms. The zero-order valence-electron chi connectivity index (χ0n) is 20.7. The number of methoxy groups -OCH3 is 2. The number of amides is 2. The number of benzene rings is 1. The molecular weight excluding hydrogens is 474 g/mol. The molecule has 1 aromatic rings. The Hall–Kier alpha value is -2.41. The van der Waals surface area contributed by atoms with Gasteiger partial charge in [0, 0.05) is 45.8 Å². The van der Waals surface area contributed by atoms with Crippen molar-refractivity contribution in [1.29, 1.82) is 0 Å². The maximum Gasteiger partial charge on any atom is 0.255 e. The highest BCUT2D eigenvalue weighted by Crippen LogP contribution is 2.29. The Kier molecular flexibility index (Phi) is 9.34. The van der Waals surface area contributed by atoms with Crippen LogP contribution in [-0.2, 0) is 19.6 Å². The molecule has 35 heavy (non-hydrogen) atoms. The van der Waals surface area contributed by atoms with Gasteiger partial charge in [0.05, 0.1) is 30.5 Å². The summed E-state index contributed by atoms with van der Waals surface area (Å²) in [6.07, 6.45) is 3.92. The fraction of sp³-hybridized carbons (Fsp3) is 0.652. The summed E-state index contributed by atoms with van der Waals surface area (Å²) >= 11 is 0. The SMILES string of the molecule is CNS(=O)(=O)c1cc(C(=O)N[C@@H]2CCN(CCCC(=O)N3CCCC3)C[C@@H]2OC)c(OC)cc1N. The molecule has 2 atom stereocenters. The zero-order chi connectivity index (χ0) is 25.6. The number of piperidine rings is 1. The van der Waals surface area contributed by atoms with Crippen molar-refractivity contribution in [1.82, 2.24) is 19.8 Å². The van der Waals surface area contributed by atoms with Gasteiger partial charge in [0.15, 0.2) is 0 Å². The van der Waals surface area contributed by atoms with E-state index in [9.17, 15) is 18.0 Å². The van der Waals surface area contributed by atoms with E-state index in [-0.39, 0.29) is 39.9 Å². The molecule has 0 saturated carbocycles. The van der Waals surface area contributed by atoms with Crippen LogP contribution in [0.15, 0.2) is 17.0 Å². The van der Waals surface area contributed by atoms with Crippen LogP contribution in [0.5, 0.6) is 5.75 Å². The number of nitrogens with two attached hydrogens (primary N) is 1. The molecule has 2 amide bonds. The zero-order valence-corrected chi connectivity index (χ0v) is 21.5. The van der Waals surface area contributed by atoms with Crippen molar-refractivity contribution in [3.8, 4) is 5.75 Å². The molecule has 0 radical (unpaired) electrons. The van der Waals surface area contributed by atoms with Gasteiger partial charge in [-0.05, 0) is 45.3 Å². The van der Waals surface area contributed by atoms with E-state index in [1.165, 1.54) is 26.3 Å². The predicted octanol–water partition coefficient (Wildman–Crippen LogP) is 0.407. The van der Waals surface area contributed by atoms with Crippen molar-refractivity contribution in [2.45, 2.75) is 49.1 Å². The Bertz CT molecular complexity index is 1010. The highest BCUT2D eigenvalue weighted by Gasteiger charge is 2.32. The summed E-state index contributed by atoms with van der Waals surface area (Å²) in [6, 6.07) is 2.30. The normalized spacial score (nSPS) is 21.2. The van der Waals surface area contributed by atoms with Crippen molar-refractivity contribution in [2.75, 3.05) is 59.7 Å². The Balaban J connectivity index is 1.60. The summed E-state index contributed by atoms with van der Waals surface area (Å²) in [4.78, 5) is 29.4. The second-order valence-corrected chi connectivity index (χ2v) is 10.8. The van der Waals surface area contributed by atoms with Gasteiger partial charge in [-0.1, -0.05) is 0 Å². The average Bonchev–Trinajstić information content (AvgIpc) is 3.39. The quantitative estimate of drug-likeness (QED) is 0.383. The minimum atomic E-state index is -3.86. The van der Waals surface area contributed by atoms with Crippen LogP contribution in [0.2, 0.25) is 0 Å². The van der Waals surface area contributed by atoms with Crippen LogP contribution in [0.4, 0.5) is 5.69 Å². The van der Waals surface area contributed by atoms with Crippen LogP contribution in [0.1, 0.15) is 42.5 Å². The molecule has 1 aromatic carbocycles. The Morgan fingerprint density at radius 2 is 1.89 bits per heavy atom. The highest BCUT2D eigenvalue weighted by molar-refractivity contribution is 7.89. The van der Waals surface area contributed by atoms with Gasteiger partial charge < -0.3 is 30.3 Å². The second kappa shape index (κ2) is 12.0. The fourth-order valence-electron chi connectivity index (χ4n) is 4.68. The van der Waals surface area contributed by atoms with Crippen molar-refractivity contribution < 1.29 is 27.5 Å². The van der Waals surface area contributed by atoms with Crippen LogP contribution in [0.25, 0.3) is 0 Å². The molecule has 0 aromatic heterocycles. The molecule has 11 nitrogen and oxygen atoms in total. The number of carbonyl (C=O) groups excluding carboxylic acids is 2. The number of likely N-dealkylation sites (tertiary alicyclic amines) is 2. The number of rotatable bonds is 10. The first kappa shape index (κ1) is 27.2. The van der Waals surface area contributed by atoms with Gasteiger partial charge >= 0.3 is 0 Å². The molecule has 2 fully saturated rings.